The molecule has 0 saturated carbocycles. The third kappa shape index (κ3) is 7.22. The van der Waals surface area contributed by atoms with Crippen molar-refractivity contribution < 1.29 is 23.9 Å². The van der Waals surface area contributed by atoms with Crippen molar-refractivity contribution in [2.75, 3.05) is 13.2 Å². The number of hydrogen-bond acceptors (Lipinski definition) is 6. The number of hydroxylamine groups is 1. The molecule has 7 heteroatoms. The molecule has 1 aromatic carbocycles. The average molecular weight is 436 g/mol. The highest BCUT2D eigenvalue weighted by Crippen LogP contribution is 2.25. The van der Waals surface area contributed by atoms with Crippen LogP contribution in [0.15, 0.2) is 65.4 Å². The zero-order chi connectivity index (χ0) is 22.6. The van der Waals surface area contributed by atoms with E-state index in [1.54, 1.807) is 25.3 Å². The lowest BCUT2D eigenvalue weighted by atomic mass is 9.92. The smallest absolute Gasteiger partial charge is 0.400 e. The van der Waals surface area contributed by atoms with Crippen molar-refractivity contribution in [3.63, 3.8) is 0 Å². The molecule has 3 rings (SSSR count). The molecule has 0 radical (unpaired) electrons. The average Bonchev–Trinajstić information content (AvgIpc) is 3.25. The van der Waals surface area contributed by atoms with Crippen molar-refractivity contribution in [2.24, 2.45) is 0 Å². The standard InChI is InChI=1S/C25H28N3O4/c1-2-31-25(29)18-21(20-11-5-3-6-12-20)17-24-27-22(19-32-24)13-7-4-9-15-26-23-14-8-10-16-28(23)30/h3,5-8,11-14,16,19,21,30H,2,4,9,15,17-18H2,1H3/q+1/p+1/b13-7+. The topological polar surface area (TPSA) is 87.6 Å². The lowest BCUT2D eigenvalue weighted by Crippen LogP contribution is -2.30. The maximum absolute atomic E-state index is 12.1. The first-order chi connectivity index (χ1) is 15.7. The summed E-state index contributed by atoms with van der Waals surface area (Å²) in [6.45, 7) is 2.90. The van der Waals surface area contributed by atoms with Crippen molar-refractivity contribution >= 4 is 17.9 Å². The van der Waals surface area contributed by atoms with Crippen LogP contribution in [0.1, 0.15) is 49.3 Å². The third-order valence-corrected chi connectivity index (χ3v) is 4.90. The molecular formula is C25H29N3O4+2. The number of carbonyl (C=O) groups excluding carboxylic acids is 1. The first-order valence-electron chi connectivity index (χ1n) is 10.8. The summed E-state index contributed by atoms with van der Waals surface area (Å²) in [5.41, 5.74) is 1.81. The van der Waals surface area contributed by atoms with E-state index in [9.17, 15) is 10.0 Å². The molecule has 1 aliphatic heterocycles. The summed E-state index contributed by atoms with van der Waals surface area (Å²) in [6, 6.07) is 9.89. The Labute approximate surface area is 188 Å². The van der Waals surface area contributed by atoms with Crippen LogP contribution in [0.2, 0.25) is 0 Å². The van der Waals surface area contributed by atoms with Gasteiger partial charge < -0.3 is 14.4 Å². The highest BCUT2D eigenvalue weighted by molar-refractivity contribution is 5.89. The number of oxazole rings is 1. The molecule has 2 heterocycles. The van der Waals surface area contributed by atoms with Crippen LogP contribution in [0.25, 0.3) is 6.08 Å². The molecule has 0 amide bonds. The number of nitrogens with zero attached hydrogens (tertiary/aromatic N) is 2. The van der Waals surface area contributed by atoms with Gasteiger partial charge in [0.2, 0.25) is 0 Å². The molecule has 2 aromatic rings. The van der Waals surface area contributed by atoms with Gasteiger partial charge in [0.05, 0.1) is 19.6 Å². The molecule has 1 unspecified atom stereocenters. The SMILES string of the molecule is CCOC(=O)CC(Cc1nc(/C=C/CCCNC2=[N+](O)C=[C+]C=C2)co1)c1ccccc1. The Bertz CT molecular complexity index is 990. The Balaban J connectivity index is 1.49. The predicted molar refractivity (Wildman–Crippen MR) is 121 cm³/mol. The van der Waals surface area contributed by atoms with Gasteiger partial charge in [0.1, 0.15) is 18.0 Å². The van der Waals surface area contributed by atoms with E-state index in [2.05, 4.69) is 16.4 Å². The molecule has 32 heavy (non-hydrogen) atoms. The number of benzene rings is 1. The van der Waals surface area contributed by atoms with E-state index < -0.39 is 0 Å². The van der Waals surface area contributed by atoms with Crippen LogP contribution in [0.4, 0.5) is 0 Å². The molecule has 0 bridgehead atoms. The van der Waals surface area contributed by atoms with Crippen LogP contribution in [0.5, 0.6) is 0 Å². The Morgan fingerprint density at radius 2 is 2.22 bits per heavy atom. The number of allylic oxidation sites excluding steroid dienone is 3. The summed E-state index contributed by atoms with van der Waals surface area (Å²) in [4.78, 5) is 16.6. The highest BCUT2D eigenvalue weighted by Gasteiger charge is 2.20. The van der Waals surface area contributed by atoms with Crippen LogP contribution in [0, 0.1) is 6.08 Å². The quantitative estimate of drug-likeness (QED) is 0.182. The van der Waals surface area contributed by atoms with Crippen molar-refractivity contribution in [1.29, 1.82) is 0 Å². The molecular weight excluding hydrogens is 406 g/mol. The summed E-state index contributed by atoms with van der Waals surface area (Å²) in [7, 11) is 0. The monoisotopic (exact) mass is 435 g/mol. The molecule has 2 N–H and O–H groups in total. The van der Waals surface area contributed by atoms with Crippen LogP contribution in [-0.2, 0) is 16.0 Å². The number of esters is 1. The minimum absolute atomic E-state index is 0.0540. The van der Waals surface area contributed by atoms with Gasteiger partial charge in [-0.3, -0.25) is 10.1 Å². The molecule has 1 aromatic heterocycles. The Morgan fingerprint density at radius 3 is 3.00 bits per heavy atom. The zero-order valence-electron chi connectivity index (χ0n) is 18.2. The van der Waals surface area contributed by atoms with Crippen molar-refractivity contribution in [3.05, 3.63) is 84.2 Å². The number of carbonyl (C=O) groups is 1. The summed E-state index contributed by atoms with van der Waals surface area (Å²) in [5, 5.41) is 12.8. The molecule has 0 saturated heterocycles. The second-order valence-electron chi connectivity index (χ2n) is 7.32. The van der Waals surface area contributed by atoms with Crippen LogP contribution in [0.3, 0.4) is 0 Å². The number of nitrogens with one attached hydrogen (secondary N) is 1. The van der Waals surface area contributed by atoms with E-state index >= 15 is 0 Å². The summed E-state index contributed by atoms with van der Waals surface area (Å²) in [6.07, 6.45) is 15.9. The number of ether oxygens (including phenoxy) is 1. The lowest BCUT2D eigenvalue weighted by molar-refractivity contribution is -0.726. The predicted octanol–water partition coefficient (Wildman–Crippen LogP) is 4.02. The fraction of sp³-hybridized carbons (Fsp3) is 0.320. The number of rotatable bonds is 11. The highest BCUT2D eigenvalue weighted by atomic mass is 16.5. The van der Waals surface area contributed by atoms with Gasteiger partial charge in [0.15, 0.2) is 18.0 Å². The fourth-order valence-electron chi connectivity index (χ4n) is 3.33. The minimum Gasteiger partial charge on any atom is -0.466 e. The van der Waals surface area contributed by atoms with Gasteiger partial charge in [-0.2, -0.15) is 0 Å². The van der Waals surface area contributed by atoms with Crippen molar-refractivity contribution in [2.45, 2.75) is 38.5 Å². The second-order valence-corrected chi connectivity index (χ2v) is 7.32. The second kappa shape index (κ2) is 12.2. The van der Waals surface area contributed by atoms with Crippen LogP contribution in [-0.4, -0.2) is 39.9 Å². The number of hydrogen-bond donors (Lipinski definition) is 2. The van der Waals surface area contributed by atoms with E-state index in [1.165, 1.54) is 6.20 Å². The van der Waals surface area contributed by atoms with Gasteiger partial charge in [-0.15, -0.1) is 0 Å². The summed E-state index contributed by atoms with van der Waals surface area (Å²) in [5.74, 6) is 0.950. The number of aromatic nitrogens is 1. The zero-order valence-corrected chi connectivity index (χ0v) is 18.2. The Hall–Kier alpha value is -3.70. The molecule has 166 valence electrons. The first kappa shape index (κ1) is 23.0. The molecule has 0 aliphatic carbocycles. The van der Waals surface area contributed by atoms with Gasteiger partial charge in [-0.25, -0.2) is 4.98 Å². The lowest BCUT2D eigenvalue weighted by Gasteiger charge is -2.14. The van der Waals surface area contributed by atoms with Crippen molar-refractivity contribution in [1.82, 2.24) is 10.3 Å². The van der Waals surface area contributed by atoms with Gasteiger partial charge in [0, 0.05) is 12.3 Å². The van der Waals surface area contributed by atoms with E-state index in [0.29, 0.717) is 24.8 Å². The molecule has 7 nitrogen and oxygen atoms in total. The van der Waals surface area contributed by atoms with Gasteiger partial charge in [-0.1, -0.05) is 36.4 Å². The molecule has 1 atom stereocenters. The van der Waals surface area contributed by atoms with E-state index in [4.69, 9.17) is 9.15 Å². The Kier molecular flexibility index (Phi) is 8.78. The Morgan fingerprint density at radius 1 is 1.38 bits per heavy atom. The summed E-state index contributed by atoms with van der Waals surface area (Å²) >= 11 is 0. The largest absolute Gasteiger partial charge is 0.466 e. The number of amidine groups is 1. The van der Waals surface area contributed by atoms with E-state index in [-0.39, 0.29) is 18.3 Å². The number of unbranched alkanes of at least 4 members (excludes halogenated alkanes) is 1. The molecule has 0 spiro atoms. The van der Waals surface area contributed by atoms with Crippen molar-refractivity contribution in [3.8, 4) is 0 Å². The molecule has 1 aliphatic rings. The molecule has 0 fully saturated rings. The van der Waals surface area contributed by atoms with Crippen LogP contribution >= 0.6 is 0 Å². The van der Waals surface area contributed by atoms with Gasteiger partial charge >= 0.3 is 11.8 Å². The summed E-state index contributed by atoms with van der Waals surface area (Å²) < 4.78 is 11.8. The third-order valence-electron chi connectivity index (χ3n) is 4.90. The minimum atomic E-state index is -0.220. The maximum atomic E-state index is 12.1. The van der Waals surface area contributed by atoms with E-state index in [1.807, 2.05) is 42.5 Å². The van der Waals surface area contributed by atoms with Gasteiger partial charge in [0.25, 0.3) is 6.20 Å². The maximum Gasteiger partial charge on any atom is 0.400 e. The normalized spacial score (nSPS) is 13.9. The van der Waals surface area contributed by atoms with Gasteiger partial charge in [-0.05, 0) is 36.1 Å². The first-order valence-corrected chi connectivity index (χ1v) is 10.8. The van der Waals surface area contributed by atoms with E-state index in [0.717, 1.165) is 35.4 Å². The van der Waals surface area contributed by atoms with Crippen LogP contribution < -0.4 is 5.32 Å². The fourth-order valence-corrected chi connectivity index (χ4v) is 3.33.